The molecule has 1 unspecified atom stereocenters. The summed E-state index contributed by atoms with van der Waals surface area (Å²) in [5.41, 5.74) is 6.67. The number of anilines is 1. The number of nitrogens with one attached hydrogen (secondary N) is 1. The van der Waals surface area contributed by atoms with Crippen molar-refractivity contribution in [2.24, 2.45) is 5.73 Å². The van der Waals surface area contributed by atoms with E-state index in [1.54, 1.807) is 12.1 Å². The van der Waals surface area contributed by atoms with Crippen molar-refractivity contribution in [3.63, 3.8) is 0 Å². The van der Waals surface area contributed by atoms with Crippen LogP contribution in [0.3, 0.4) is 0 Å². The van der Waals surface area contributed by atoms with Gasteiger partial charge >= 0.3 is 0 Å². The number of sulfonamides is 1. The molecule has 1 aliphatic carbocycles. The Morgan fingerprint density at radius 3 is 2.67 bits per heavy atom. The summed E-state index contributed by atoms with van der Waals surface area (Å²) in [5, 5.41) is 0. The van der Waals surface area contributed by atoms with Crippen molar-refractivity contribution in [1.29, 1.82) is 0 Å². The van der Waals surface area contributed by atoms with Gasteiger partial charge in [-0.15, -0.1) is 0 Å². The van der Waals surface area contributed by atoms with Crippen LogP contribution in [0.15, 0.2) is 29.2 Å². The monoisotopic (exact) mass is 309 g/mol. The number of hydrogen-bond donors (Lipinski definition) is 2. The molecule has 1 heterocycles. The highest BCUT2D eigenvalue weighted by Gasteiger charge is 2.31. The number of nitrogens with zero attached hydrogens (tertiary/aromatic N) is 1. The third kappa shape index (κ3) is 3.22. The molecule has 0 spiro atoms. The molecule has 0 amide bonds. The SMILES string of the molecule is NCC1CCCCN1c1ccccc1S(=O)(=O)NC1CC1. The van der Waals surface area contributed by atoms with Gasteiger partial charge in [-0.2, -0.15) is 0 Å². The highest BCUT2D eigenvalue weighted by atomic mass is 32.2. The third-order valence-electron chi connectivity index (χ3n) is 4.26. The average molecular weight is 309 g/mol. The molecule has 1 aliphatic heterocycles. The van der Waals surface area contributed by atoms with Crippen LogP contribution in [0.1, 0.15) is 32.1 Å². The third-order valence-corrected chi connectivity index (χ3v) is 5.83. The molecular formula is C15H23N3O2S. The van der Waals surface area contributed by atoms with Gasteiger partial charge in [-0.1, -0.05) is 12.1 Å². The van der Waals surface area contributed by atoms with E-state index >= 15 is 0 Å². The van der Waals surface area contributed by atoms with Crippen molar-refractivity contribution in [1.82, 2.24) is 4.72 Å². The fourth-order valence-corrected chi connectivity index (χ4v) is 4.49. The van der Waals surface area contributed by atoms with Crippen LogP contribution in [0, 0.1) is 0 Å². The van der Waals surface area contributed by atoms with Crippen molar-refractivity contribution < 1.29 is 8.42 Å². The van der Waals surface area contributed by atoms with Crippen LogP contribution < -0.4 is 15.4 Å². The van der Waals surface area contributed by atoms with Gasteiger partial charge < -0.3 is 10.6 Å². The number of rotatable bonds is 5. The van der Waals surface area contributed by atoms with E-state index < -0.39 is 10.0 Å². The lowest BCUT2D eigenvalue weighted by molar-refractivity contribution is 0.463. The van der Waals surface area contributed by atoms with Crippen LogP contribution in [-0.4, -0.2) is 33.6 Å². The van der Waals surface area contributed by atoms with Crippen molar-refractivity contribution in [3.05, 3.63) is 24.3 Å². The zero-order chi connectivity index (χ0) is 14.9. The van der Waals surface area contributed by atoms with E-state index in [1.165, 1.54) is 0 Å². The Morgan fingerprint density at radius 2 is 1.95 bits per heavy atom. The van der Waals surface area contributed by atoms with Gasteiger partial charge in [-0.05, 0) is 44.2 Å². The van der Waals surface area contributed by atoms with Crippen LogP contribution in [0.4, 0.5) is 5.69 Å². The second-order valence-electron chi connectivity index (χ2n) is 5.94. The smallest absolute Gasteiger partial charge is 0.242 e. The quantitative estimate of drug-likeness (QED) is 0.863. The second-order valence-corrected chi connectivity index (χ2v) is 7.62. The first-order valence-electron chi connectivity index (χ1n) is 7.70. The summed E-state index contributed by atoms with van der Waals surface area (Å²) in [7, 11) is -3.44. The fourth-order valence-electron chi connectivity index (χ4n) is 2.97. The number of para-hydroxylation sites is 1. The molecule has 1 aromatic carbocycles. The first-order valence-corrected chi connectivity index (χ1v) is 9.18. The van der Waals surface area contributed by atoms with E-state index in [9.17, 15) is 8.42 Å². The van der Waals surface area contributed by atoms with E-state index in [0.717, 1.165) is 44.3 Å². The van der Waals surface area contributed by atoms with Crippen molar-refractivity contribution in [2.75, 3.05) is 18.0 Å². The number of piperidine rings is 1. The Hall–Kier alpha value is -1.11. The first-order chi connectivity index (χ1) is 10.1. The van der Waals surface area contributed by atoms with Crippen molar-refractivity contribution >= 4 is 15.7 Å². The van der Waals surface area contributed by atoms with Crippen LogP contribution in [0.25, 0.3) is 0 Å². The molecule has 5 nitrogen and oxygen atoms in total. The van der Waals surface area contributed by atoms with E-state index in [-0.39, 0.29) is 12.1 Å². The van der Waals surface area contributed by atoms with Crippen LogP contribution in [0.5, 0.6) is 0 Å². The Balaban J connectivity index is 1.94. The molecule has 21 heavy (non-hydrogen) atoms. The molecule has 3 N–H and O–H groups in total. The van der Waals surface area contributed by atoms with Gasteiger partial charge in [-0.3, -0.25) is 0 Å². The largest absolute Gasteiger partial charge is 0.366 e. The first kappa shape index (κ1) is 14.8. The van der Waals surface area contributed by atoms with Gasteiger partial charge in [0.25, 0.3) is 0 Å². The minimum Gasteiger partial charge on any atom is -0.366 e. The van der Waals surface area contributed by atoms with Crippen LogP contribution in [-0.2, 0) is 10.0 Å². The van der Waals surface area contributed by atoms with E-state index in [1.807, 2.05) is 12.1 Å². The lowest BCUT2D eigenvalue weighted by atomic mass is 10.0. The maximum Gasteiger partial charge on any atom is 0.242 e. The zero-order valence-electron chi connectivity index (χ0n) is 12.2. The molecule has 0 bridgehead atoms. The van der Waals surface area contributed by atoms with Gasteiger partial charge in [-0.25, -0.2) is 13.1 Å². The van der Waals surface area contributed by atoms with E-state index in [4.69, 9.17) is 5.73 Å². The summed E-state index contributed by atoms with van der Waals surface area (Å²) in [6.07, 6.45) is 5.16. The summed E-state index contributed by atoms with van der Waals surface area (Å²) in [4.78, 5) is 2.56. The predicted molar refractivity (Wildman–Crippen MR) is 83.8 cm³/mol. The van der Waals surface area contributed by atoms with Crippen molar-refractivity contribution in [2.45, 2.75) is 49.1 Å². The second kappa shape index (κ2) is 5.94. The Labute approximate surface area is 126 Å². The Morgan fingerprint density at radius 1 is 1.19 bits per heavy atom. The summed E-state index contributed by atoms with van der Waals surface area (Å²) in [6, 6.07) is 7.63. The standard InChI is InChI=1S/C15H23N3O2S/c16-11-13-5-3-4-10-18(13)14-6-1-2-7-15(14)21(19,20)17-12-8-9-12/h1-2,6-7,12-13,17H,3-5,8-11,16H2. The Bertz CT molecular complexity index is 599. The molecule has 1 saturated carbocycles. The van der Waals surface area contributed by atoms with E-state index in [2.05, 4.69) is 9.62 Å². The van der Waals surface area contributed by atoms with Gasteiger partial charge in [0.2, 0.25) is 10.0 Å². The average Bonchev–Trinajstić information content (AvgIpc) is 3.30. The molecule has 1 saturated heterocycles. The summed E-state index contributed by atoms with van der Waals surface area (Å²) >= 11 is 0. The lowest BCUT2D eigenvalue weighted by Gasteiger charge is -2.37. The predicted octanol–water partition coefficient (Wildman–Crippen LogP) is 1.44. The number of benzene rings is 1. The van der Waals surface area contributed by atoms with Crippen LogP contribution in [0.2, 0.25) is 0 Å². The van der Waals surface area contributed by atoms with Crippen molar-refractivity contribution in [3.8, 4) is 0 Å². The molecule has 0 radical (unpaired) electrons. The highest BCUT2D eigenvalue weighted by molar-refractivity contribution is 7.89. The molecule has 116 valence electrons. The molecular weight excluding hydrogens is 286 g/mol. The minimum absolute atomic E-state index is 0.120. The normalized spacial score (nSPS) is 23.3. The molecule has 3 rings (SSSR count). The van der Waals surface area contributed by atoms with Gasteiger partial charge in [0, 0.05) is 25.2 Å². The van der Waals surface area contributed by atoms with Gasteiger partial charge in [0.1, 0.15) is 4.90 Å². The summed E-state index contributed by atoms with van der Waals surface area (Å²) in [5.74, 6) is 0. The number of nitrogens with two attached hydrogens (primary N) is 1. The Kier molecular flexibility index (Phi) is 4.19. The molecule has 0 aromatic heterocycles. The minimum atomic E-state index is -3.44. The topological polar surface area (TPSA) is 75.4 Å². The molecule has 6 heteroatoms. The maximum atomic E-state index is 12.6. The fraction of sp³-hybridized carbons (Fsp3) is 0.600. The maximum absolute atomic E-state index is 12.6. The molecule has 1 atom stereocenters. The zero-order valence-corrected chi connectivity index (χ0v) is 13.0. The highest BCUT2D eigenvalue weighted by Crippen LogP contribution is 2.31. The van der Waals surface area contributed by atoms with Crippen LogP contribution >= 0.6 is 0 Å². The summed E-state index contributed by atoms with van der Waals surface area (Å²) in [6.45, 7) is 1.43. The summed E-state index contributed by atoms with van der Waals surface area (Å²) < 4.78 is 27.9. The lowest BCUT2D eigenvalue weighted by Crippen LogP contribution is -2.45. The van der Waals surface area contributed by atoms with Gasteiger partial charge in [0.15, 0.2) is 0 Å². The van der Waals surface area contributed by atoms with E-state index in [0.29, 0.717) is 11.4 Å². The molecule has 2 aliphatic rings. The molecule has 1 aromatic rings. The number of hydrogen-bond acceptors (Lipinski definition) is 4. The van der Waals surface area contributed by atoms with Gasteiger partial charge in [0.05, 0.1) is 5.69 Å². The molecule has 2 fully saturated rings.